The number of non-ortho nitro benzene ring substituents is 1. The van der Waals surface area contributed by atoms with Crippen LogP contribution in [0.1, 0.15) is 137 Å². The van der Waals surface area contributed by atoms with Gasteiger partial charge in [0.2, 0.25) is 11.8 Å². The second-order valence-corrected chi connectivity index (χ2v) is 17.9. The molecule has 11 nitrogen and oxygen atoms in total. The van der Waals surface area contributed by atoms with Gasteiger partial charge in [-0.25, -0.2) is 0 Å². The van der Waals surface area contributed by atoms with Gasteiger partial charge in [-0.05, 0) is 117 Å². The van der Waals surface area contributed by atoms with Crippen molar-refractivity contribution in [3.05, 3.63) is 50.1 Å². The number of fused-ring (bicyclic) bond motifs is 5. The molecule has 4 aliphatic carbocycles. The molecule has 2 amide bonds. The van der Waals surface area contributed by atoms with Crippen LogP contribution in [0.15, 0.2) is 29.8 Å². The van der Waals surface area contributed by atoms with Crippen molar-refractivity contribution in [3.8, 4) is 0 Å². The van der Waals surface area contributed by atoms with Crippen LogP contribution in [-0.4, -0.2) is 40.8 Å². The fraction of sp³-hybridized carbons (Fsp3) is 0.762. The molecular weight excluding hydrogens is 670 g/mol. The number of hydrogen-bond donors (Lipinski definition) is 3. The van der Waals surface area contributed by atoms with Crippen LogP contribution in [0.2, 0.25) is 0 Å². The highest BCUT2D eigenvalue weighted by Gasteiger charge is 2.59. The van der Waals surface area contributed by atoms with Crippen LogP contribution >= 0.6 is 0 Å². The molecule has 1 aromatic rings. The Balaban J connectivity index is 0.990. The summed E-state index contributed by atoms with van der Waals surface area (Å²) in [6.07, 6.45) is 19.2. The van der Waals surface area contributed by atoms with Gasteiger partial charge in [0.25, 0.3) is 11.4 Å². The smallest absolute Gasteiger partial charge is 0.299 e. The molecular formula is C42H65N5O6. The number of hydrogen-bond acceptors (Lipinski definition) is 7. The summed E-state index contributed by atoms with van der Waals surface area (Å²) >= 11 is 0. The van der Waals surface area contributed by atoms with Gasteiger partial charge in [0.1, 0.15) is 5.69 Å². The van der Waals surface area contributed by atoms with Gasteiger partial charge < -0.3 is 16.0 Å². The van der Waals surface area contributed by atoms with Crippen LogP contribution in [0, 0.1) is 66.6 Å². The Bertz CT molecular complexity index is 1510. The number of amides is 2. The van der Waals surface area contributed by atoms with Crippen molar-refractivity contribution < 1.29 is 19.4 Å². The van der Waals surface area contributed by atoms with Crippen molar-refractivity contribution in [2.75, 3.05) is 18.4 Å². The summed E-state index contributed by atoms with van der Waals surface area (Å²) in [5.41, 5.74) is 1.88. The SMILES string of the molecule is CC(C)CCC[C@@H](C)[C@H]1CCC2C3CC=C4C[C@@H](NC(=O)CCNC(=O)CCCCCNc5ccc([N+](=O)[O-])cc5[N+](=O)[O-])CC[C@]4(C)C3CC[C@@]21C. The number of unbranched alkanes of at least 4 members (excludes halogenated alkanes) is 2. The summed E-state index contributed by atoms with van der Waals surface area (Å²) in [5, 5.41) is 31.4. The summed E-state index contributed by atoms with van der Waals surface area (Å²) in [7, 11) is 0. The second kappa shape index (κ2) is 17.8. The van der Waals surface area contributed by atoms with Gasteiger partial charge >= 0.3 is 0 Å². The van der Waals surface area contributed by atoms with E-state index in [9.17, 15) is 29.8 Å². The maximum Gasteiger partial charge on any atom is 0.299 e. The fourth-order valence-corrected chi connectivity index (χ4v) is 11.3. The molecule has 3 N–H and O–H groups in total. The lowest BCUT2D eigenvalue weighted by atomic mass is 9.47. The Kier molecular flexibility index (Phi) is 13.6. The number of nitro benzene ring substituents is 2. The minimum Gasteiger partial charge on any atom is -0.379 e. The van der Waals surface area contributed by atoms with Crippen LogP contribution in [0.4, 0.5) is 17.1 Å². The topological polar surface area (TPSA) is 157 Å². The van der Waals surface area contributed by atoms with Crippen LogP contribution in [-0.2, 0) is 9.59 Å². The molecule has 53 heavy (non-hydrogen) atoms. The highest BCUT2D eigenvalue weighted by molar-refractivity contribution is 5.79. The first-order valence-electron chi connectivity index (χ1n) is 20.6. The minimum absolute atomic E-state index is 0.00690. The van der Waals surface area contributed by atoms with E-state index >= 15 is 0 Å². The van der Waals surface area contributed by atoms with Crippen molar-refractivity contribution in [2.24, 2.45) is 46.3 Å². The van der Waals surface area contributed by atoms with E-state index in [1.165, 1.54) is 63.5 Å². The third-order valence-electron chi connectivity index (χ3n) is 14.1. The quantitative estimate of drug-likeness (QED) is 0.0587. The minimum atomic E-state index is -0.662. The zero-order chi connectivity index (χ0) is 38.3. The van der Waals surface area contributed by atoms with Gasteiger partial charge in [0, 0.05) is 38.0 Å². The van der Waals surface area contributed by atoms with E-state index < -0.39 is 9.85 Å². The maximum atomic E-state index is 12.9. The number of allylic oxidation sites excluding steroid dienone is 1. The summed E-state index contributed by atoms with van der Waals surface area (Å²) in [6, 6.07) is 3.69. The zero-order valence-electron chi connectivity index (χ0n) is 32.9. The first-order chi connectivity index (χ1) is 25.2. The summed E-state index contributed by atoms with van der Waals surface area (Å²) < 4.78 is 0. The van der Waals surface area contributed by atoms with Gasteiger partial charge in [0.15, 0.2) is 0 Å². The van der Waals surface area contributed by atoms with Crippen molar-refractivity contribution in [1.82, 2.24) is 10.6 Å². The number of carbonyl (C=O) groups excluding carboxylic acids is 2. The summed E-state index contributed by atoms with van der Waals surface area (Å²) in [6.45, 7) is 13.2. The van der Waals surface area contributed by atoms with E-state index in [1.807, 2.05) is 0 Å². The molecule has 8 atom stereocenters. The molecule has 0 aliphatic heterocycles. The molecule has 294 valence electrons. The van der Waals surface area contributed by atoms with Crippen LogP contribution < -0.4 is 16.0 Å². The first-order valence-corrected chi connectivity index (χ1v) is 20.6. The van der Waals surface area contributed by atoms with Crippen molar-refractivity contribution in [2.45, 2.75) is 143 Å². The monoisotopic (exact) mass is 735 g/mol. The van der Waals surface area contributed by atoms with E-state index in [-0.39, 0.29) is 46.8 Å². The normalized spacial score (nSPS) is 29.6. The molecule has 0 saturated heterocycles. The first kappa shape index (κ1) is 40.7. The Morgan fingerprint density at radius 3 is 2.40 bits per heavy atom. The lowest BCUT2D eigenvalue weighted by Gasteiger charge is -2.58. The van der Waals surface area contributed by atoms with E-state index in [4.69, 9.17) is 0 Å². The Morgan fingerprint density at radius 1 is 0.868 bits per heavy atom. The predicted molar refractivity (Wildman–Crippen MR) is 209 cm³/mol. The molecule has 0 bridgehead atoms. The highest BCUT2D eigenvalue weighted by Crippen LogP contribution is 2.67. The number of carbonyl (C=O) groups is 2. The van der Waals surface area contributed by atoms with Gasteiger partial charge in [-0.1, -0.05) is 72.0 Å². The Morgan fingerprint density at radius 2 is 1.66 bits per heavy atom. The number of nitrogens with zero attached hydrogens (tertiary/aromatic N) is 2. The van der Waals surface area contributed by atoms with E-state index in [2.05, 4.69) is 56.6 Å². The lowest BCUT2D eigenvalue weighted by molar-refractivity contribution is -0.393. The van der Waals surface area contributed by atoms with Gasteiger partial charge in [0.05, 0.1) is 15.9 Å². The van der Waals surface area contributed by atoms with Gasteiger partial charge in [-0.15, -0.1) is 0 Å². The van der Waals surface area contributed by atoms with Crippen molar-refractivity contribution in [1.29, 1.82) is 0 Å². The summed E-state index contributed by atoms with van der Waals surface area (Å²) in [5.74, 6) is 4.80. The Hall–Kier alpha value is -3.50. The fourth-order valence-electron chi connectivity index (χ4n) is 11.3. The molecule has 0 aromatic heterocycles. The van der Waals surface area contributed by atoms with E-state index in [0.717, 1.165) is 67.3 Å². The third kappa shape index (κ3) is 9.60. The molecule has 0 heterocycles. The van der Waals surface area contributed by atoms with Crippen molar-refractivity contribution in [3.63, 3.8) is 0 Å². The average molecular weight is 736 g/mol. The number of rotatable bonds is 18. The molecule has 3 unspecified atom stereocenters. The molecule has 3 fully saturated rings. The van der Waals surface area contributed by atoms with Crippen LogP contribution in [0.25, 0.3) is 0 Å². The summed E-state index contributed by atoms with van der Waals surface area (Å²) in [4.78, 5) is 46.2. The number of nitro groups is 2. The molecule has 0 spiro atoms. The van der Waals surface area contributed by atoms with E-state index in [1.54, 1.807) is 5.57 Å². The van der Waals surface area contributed by atoms with E-state index in [0.29, 0.717) is 37.8 Å². The lowest BCUT2D eigenvalue weighted by Crippen LogP contribution is -2.52. The largest absolute Gasteiger partial charge is 0.379 e. The zero-order valence-corrected chi connectivity index (χ0v) is 32.9. The molecule has 4 aliphatic rings. The number of anilines is 1. The predicted octanol–water partition coefficient (Wildman–Crippen LogP) is 9.51. The molecule has 11 heteroatoms. The second-order valence-electron chi connectivity index (χ2n) is 17.9. The number of benzene rings is 1. The molecule has 5 rings (SSSR count). The highest BCUT2D eigenvalue weighted by atomic mass is 16.6. The third-order valence-corrected chi connectivity index (χ3v) is 14.1. The molecule has 1 aromatic carbocycles. The van der Waals surface area contributed by atoms with Crippen molar-refractivity contribution >= 4 is 28.9 Å². The van der Waals surface area contributed by atoms with Gasteiger partial charge in [-0.2, -0.15) is 0 Å². The molecule has 0 radical (unpaired) electrons. The number of nitrogens with one attached hydrogen (secondary N) is 3. The van der Waals surface area contributed by atoms with Crippen LogP contribution in [0.5, 0.6) is 0 Å². The average Bonchev–Trinajstić information content (AvgIpc) is 3.47. The standard InChI is InChI=1S/C42H65N5O6/c1-28(2)10-9-11-29(3)34-16-17-35-33-15-13-30-26-31(19-22-41(30,4)36(33)20-23-42(34,35)5)45-40(49)21-25-44-39(48)12-7-6-8-24-43-37-18-14-32(46(50)51)27-38(37)47(52)53/h13-14,18,27-29,31,33-36,43H,6-12,15-17,19-26H2,1-5H3,(H,44,48)(H,45,49)/t29-,31+,33?,34-,35?,36?,41+,42-/m1/s1. The van der Waals surface area contributed by atoms with Gasteiger partial charge in [-0.3, -0.25) is 29.8 Å². The van der Waals surface area contributed by atoms with Crippen LogP contribution in [0.3, 0.4) is 0 Å². The Labute approximate surface area is 316 Å². The molecule has 3 saturated carbocycles. The maximum absolute atomic E-state index is 12.9.